The van der Waals surface area contributed by atoms with Gasteiger partial charge in [-0.3, -0.25) is 4.79 Å². The van der Waals surface area contributed by atoms with Gasteiger partial charge in [0.15, 0.2) is 0 Å². The van der Waals surface area contributed by atoms with E-state index >= 15 is 0 Å². The molecule has 0 atom stereocenters. The van der Waals surface area contributed by atoms with Gasteiger partial charge in [0.05, 0.1) is 11.9 Å². The summed E-state index contributed by atoms with van der Waals surface area (Å²) < 4.78 is 14.3. The molecular formula is C15H12BrFN2O2. The Bertz CT molecular complexity index is 672. The Morgan fingerprint density at radius 1 is 1.29 bits per heavy atom. The SMILES string of the molecule is CON=Cc1ccc(C(=O)Nc2ccc(Br)cc2F)cc1. The summed E-state index contributed by atoms with van der Waals surface area (Å²) in [6.45, 7) is 0. The predicted molar refractivity (Wildman–Crippen MR) is 83.1 cm³/mol. The number of nitrogens with one attached hydrogen (secondary N) is 1. The third-order valence-electron chi connectivity index (χ3n) is 2.66. The zero-order chi connectivity index (χ0) is 15.2. The van der Waals surface area contributed by atoms with Crippen LogP contribution in [0.1, 0.15) is 15.9 Å². The molecule has 0 saturated carbocycles. The maximum absolute atomic E-state index is 13.7. The van der Waals surface area contributed by atoms with Gasteiger partial charge >= 0.3 is 0 Å². The number of carbonyl (C=O) groups is 1. The van der Waals surface area contributed by atoms with Gasteiger partial charge < -0.3 is 10.2 Å². The summed E-state index contributed by atoms with van der Waals surface area (Å²) >= 11 is 3.16. The number of carbonyl (C=O) groups excluding carboxylic acids is 1. The minimum absolute atomic E-state index is 0.133. The molecule has 21 heavy (non-hydrogen) atoms. The summed E-state index contributed by atoms with van der Waals surface area (Å²) in [6.07, 6.45) is 1.52. The van der Waals surface area contributed by atoms with Crippen LogP contribution in [-0.2, 0) is 4.84 Å². The highest BCUT2D eigenvalue weighted by atomic mass is 79.9. The molecule has 6 heteroatoms. The van der Waals surface area contributed by atoms with E-state index in [4.69, 9.17) is 0 Å². The predicted octanol–water partition coefficient (Wildman–Crippen LogP) is 3.82. The van der Waals surface area contributed by atoms with E-state index in [9.17, 15) is 9.18 Å². The average molecular weight is 351 g/mol. The van der Waals surface area contributed by atoms with E-state index in [1.54, 1.807) is 30.3 Å². The van der Waals surface area contributed by atoms with Gasteiger partial charge in [0.1, 0.15) is 12.9 Å². The van der Waals surface area contributed by atoms with Crippen molar-refractivity contribution in [2.45, 2.75) is 0 Å². The topological polar surface area (TPSA) is 50.7 Å². The lowest BCUT2D eigenvalue weighted by atomic mass is 10.1. The van der Waals surface area contributed by atoms with E-state index in [0.717, 1.165) is 5.56 Å². The fraction of sp³-hybridized carbons (Fsp3) is 0.0667. The highest BCUT2D eigenvalue weighted by Crippen LogP contribution is 2.20. The Morgan fingerprint density at radius 2 is 2.00 bits per heavy atom. The second kappa shape index (κ2) is 6.99. The number of oxime groups is 1. The van der Waals surface area contributed by atoms with Gasteiger partial charge in [0.25, 0.3) is 5.91 Å². The summed E-state index contributed by atoms with van der Waals surface area (Å²) in [5.41, 5.74) is 1.35. The number of halogens is 2. The number of nitrogens with zero attached hydrogens (tertiary/aromatic N) is 1. The van der Waals surface area contributed by atoms with Crippen molar-refractivity contribution >= 4 is 33.7 Å². The first-order valence-corrected chi connectivity index (χ1v) is 6.82. The normalized spacial score (nSPS) is 10.6. The number of benzene rings is 2. The summed E-state index contributed by atoms with van der Waals surface area (Å²) in [5.74, 6) is -0.881. The molecule has 0 aliphatic heterocycles. The van der Waals surface area contributed by atoms with E-state index in [-0.39, 0.29) is 11.6 Å². The average Bonchev–Trinajstić information content (AvgIpc) is 2.48. The standard InChI is InChI=1S/C15H12BrFN2O2/c1-21-18-9-10-2-4-11(5-3-10)15(20)19-14-7-6-12(16)8-13(14)17/h2-9H,1H3,(H,19,20). The van der Waals surface area contributed by atoms with E-state index in [1.165, 1.54) is 25.5 Å². The van der Waals surface area contributed by atoms with Crippen LogP contribution in [0.5, 0.6) is 0 Å². The van der Waals surface area contributed by atoms with Crippen LogP contribution in [-0.4, -0.2) is 19.2 Å². The Morgan fingerprint density at radius 3 is 2.62 bits per heavy atom. The van der Waals surface area contributed by atoms with Crippen molar-refractivity contribution in [1.82, 2.24) is 0 Å². The van der Waals surface area contributed by atoms with Crippen LogP contribution in [0.4, 0.5) is 10.1 Å². The van der Waals surface area contributed by atoms with Gasteiger partial charge in [0.2, 0.25) is 0 Å². The maximum atomic E-state index is 13.7. The van der Waals surface area contributed by atoms with Crippen molar-refractivity contribution in [3.63, 3.8) is 0 Å². The summed E-state index contributed by atoms with van der Waals surface area (Å²) in [7, 11) is 1.45. The molecule has 4 nitrogen and oxygen atoms in total. The minimum Gasteiger partial charge on any atom is -0.399 e. The monoisotopic (exact) mass is 350 g/mol. The number of rotatable bonds is 4. The minimum atomic E-state index is -0.499. The van der Waals surface area contributed by atoms with Crippen molar-refractivity contribution in [2.75, 3.05) is 12.4 Å². The molecule has 2 aromatic rings. The Kier molecular flexibility index (Phi) is 5.05. The second-order valence-electron chi connectivity index (χ2n) is 4.12. The molecule has 0 aromatic heterocycles. The smallest absolute Gasteiger partial charge is 0.255 e. The molecule has 2 rings (SSSR count). The highest BCUT2D eigenvalue weighted by molar-refractivity contribution is 9.10. The van der Waals surface area contributed by atoms with Crippen LogP contribution >= 0.6 is 15.9 Å². The van der Waals surface area contributed by atoms with Crippen molar-refractivity contribution in [2.24, 2.45) is 5.16 Å². The lowest BCUT2D eigenvalue weighted by Gasteiger charge is -2.07. The van der Waals surface area contributed by atoms with E-state index in [0.29, 0.717) is 10.0 Å². The second-order valence-corrected chi connectivity index (χ2v) is 5.03. The van der Waals surface area contributed by atoms with E-state index in [2.05, 4.69) is 31.2 Å². The van der Waals surface area contributed by atoms with Crippen LogP contribution in [0.15, 0.2) is 52.1 Å². The Labute approximate surface area is 129 Å². The van der Waals surface area contributed by atoms with Crippen LogP contribution in [0.3, 0.4) is 0 Å². The first-order valence-electron chi connectivity index (χ1n) is 6.03. The summed E-state index contributed by atoms with van der Waals surface area (Å²) in [6, 6.07) is 11.1. The zero-order valence-electron chi connectivity index (χ0n) is 11.1. The first-order chi connectivity index (χ1) is 10.1. The lowest BCUT2D eigenvalue weighted by Crippen LogP contribution is -2.12. The molecule has 0 bridgehead atoms. The van der Waals surface area contributed by atoms with Gasteiger partial charge in [-0.15, -0.1) is 0 Å². The van der Waals surface area contributed by atoms with Gasteiger partial charge in [0, 0.05) is 10.0 Å². The molecule has 1 N–H and O–H groups in total. The van der Waals surface area contributed by atoms with Crippen LogP contribution in [0.2, 0.25) is 0 Å². The fourth-order valence-corrected chi connectivity index (χ4v) is 1.95. The molecule has 0 aliphatic rings. The van der Waals surface area contributed by atoms with Crippen LogP contribution in [0, 0.1) is 5.82 Å². The van der Waals surface area contributed by atoms with E-state index in [1.807, 2.05) is 0 Å². The molecule has 0 heterocycles. The van der Waals surface area contributed by atoms with Crippen LogP contribution < -0.4 is 5.32 Å². The van der Waals surface area contributed by atoms with Gasteiger partial charge in [-0.05, 0) is 35.9 Å². The largest absolute Gasteiger partial charge is 0.399 e. The number of anilines is 1. The lowest BCUT2D eigenvalue weighted by molar-refractivity contribution is 0.102. The first kappa shape index (κ1) is 15.2. The summed E-state index contributed by atoms with van der Waals surface area (Å²) in [5, 5.41) is 6.15. The van der Waals surface area contributed by atoms with Crippen molar-refractivity contribution < 1.29 is 14.0 Å². The molecule has 0 radical (unpaired) electrons. The molecule has 0 fully saturated rings. The molecule has 108 valence electrons. The van der Waals surface area contributed by atoms with E-state index < -0.39 is 5.82 Å². The van der Waals surface area contributed by atoms with Crippen LogP contribution in [0.25, 0.3) is 0 Å². The third kappa shape index (κ3) is 4.13. The highest BCUT2D eigenvalue weighted by Gasteiger charge is 2.09. The number of hydrogen-bond donors (Lipinski definition) is 1. The van der Waals surface area contributed by atoms with Gasteiger partial charge in [-0.25, -0.2) is 4.39 Å². The van der Waals surface area contributed by atoms with Crippen molar-refractivity contribution in [3.05, 3.63) is 63.9 Å². The number of amides is 1. The molecule has 0 aliphatic carbocycles. The maximum Gasteiger partial charge on any atom is 0.255 e. The summed E-state index contributed by atoms with van der Waals surface area (Å²) in [4.78, 5) is 16.6. The Balaban J connectivity index is 2.11. The Hall–Kier alpha value is -2.21. The molecule has 0 spiro atoms. The van der Waals surface area contributed by atoms with Crippen molar-refractivity contribution in [1.29, 1.82) is 0 Å². The van der Waals surface area contributed by atoms with Crippen molar-refractivity contribution in [3.8, 4) is 0 Å². The number of hydrogen-bond acceptors (Lipinski definition) is 3. The zero-order valence-corrected chi connectivity index (χ0v) is 12.7. The molecular weight excluding hydrogens is 339 g/mol. The molecule has 1 amide bonds. The van der Waals surface area contributed by atoms with Gasteiger partial charge in [-0.1, -0.05) is 33.2 Å². The third-order valence-corrected chi connectivity index (χ3v) is 3.15. The quantitative estimate of drug-likeness (QED) is 0.673. The molecule has 0 saturated heterocycles. The molecule has 0 unspecified atom stereocenters. The fourth-order valence-electron chi connectivity index (χ4n) is 1.62. The van der Waals surface area contributed by atoms with Gasteiger partial charge in [-0.2, -0.15) is 0 Å². The molecule has 2 aromatic carbocycles.